The molecule has 8 heteroatoms. The van der Waals surface area contributed by atoms with Gasteiger partial charge in [-0.3, -0.25) is 14.5 Å². The summed E-state index contributed by atoms with van der Waals surface area (Å²) in [5.41, 5.74) is 4.36. The van der Waals surface area contributed by atoms with Gasteiger partial charge in [0.15, 0.2) is 23.4 Å². The topological polar surface area (TPSA) is 114 Å². The van der Waals surface area contributed by atoms with Crippen LogP contribution in [-0.4, -0.2) is 73.2 Å². The number of nitrogens with one attached hydrogen (secondary N) is 1. The molecule has 1 aromatic rings. The summed E-state index contributed by atoms with van der Waals surface area (Å²) in [6.07, 6.45) is 2.06. The maximum absolute atomic E-state index is 13.8. The van der Waals surface area contributed by atoms with Gasteiger partial charge in [-0.05, 0) is 57.3 Å². The Bertz CT molecular complexity index is 916. The summed E-state index contributed by atoms with van der Waals surface area (Å²) in [4.78, 5) is 28.5. The lowest BCUT2D eigenvalue weighted by atomic mass is 9.51. The fraction of sp³-hybridized carbons (Fsp3) is 0.636. The van der Waals surface area contributed by atoms with Crippen molar-refractivity contribution in [2.24, 2.45) is 11.7 Å². The van der Waals surface area contributed by atoms with E-state index in [9.17, 15) is 14.7 Å². The van der Waals surface area contributed by atoms with Crippen molar-refractivity contribution in [2.45, 2.75) is 48.8 Å². The Morgan fingerprint density at radius 3 is 2.83 bits per heavy atom. The van der Waals surface area contributed by atoms with Crippen LogP contribution in [0.1, 0.15) is 41.6 Å². The Labute approximate surface area is 175 Å². The number of carbonyl (C=O) groups is 2. The SMILES string of the molecule is CNCC[C@]1(O)[C@@H]2C(=O)c3ccc(OC)c4c3[C@]1(CCN2CC1CC1)[C@@H](C(N)=O)O4. The predicted octanol–water partition coefficient (Wildman–Crippen LogP) is 0.201. The van der Waals surface area contributed by atoms with Gasteiger partial charge in [-0.2, -0.15) is 0 Å². The van der Waals surface area contributed by atoms with Crippen molar-refractivity contribution in [3.05, 3.63) is 23.3 Å². The molecule has 1 amide bonds. The molecule has 162 valence electrons. The van der Waals surface area contributed by atoms with Crippen molar-refractivity contribution in [1.82, 2.24) is 10.2 Å². The Balaban J connectivity index is 1.76. The number of carbonyl (C=O) groups excluding carboxylic acids is 2. The van der Waals surface area contributed by atoms with Gasteiger partial charge in [-0.25, -0.2) is 0 Å². The summed E-state index contributed by atoms with van der Waals surface area (Å²) >= 11 is 0. The fourth-order valence-electron chi connectivity index (χ4n) is 6.09. The number of fused-ring (bicyclic) bond motifs is 1. The van der Waals surface area contributed by atoms with Crippen molar-refractivity contribution in [1.29, 1.82) is 0 Å². The van der Waals surface area contributed by atoms with E-state index in [1.165, 1.54) is 7.11 Å². The summed E-state index contributed by atoms with van der Waals surface area (Å²) in [7, 11) is 3.33. The van der Waals surface area contributed by atoms with E-state index >= 15 is 0 Å². The predicted molar refractivity (Wildman–Crippen MR) is 109 cm³/mol. The largest absolute Gasteiger partial charge is 0.493 e. The molecule has 8 nitrogen and oxygen atoms in total. The van der Waals surface area contributed by atoms with E-state index in [0.717, 1.165) is 19.4 Å². The molecule has 2 aliphatic carbocycles. The first-order valence-electron chi connectivity index (χ1n) is 10.7. The zero-order valence-electron chi connectivity index (χ0n) is 17.4. The quantitative estimate of drug-likeness (QED) is 0.583. The van der Waals surface area contributed by atoms with E-state index in [2.05, 4.69) is 10.2 Å². The molecule has 2 bridgehead atoms. The molecular weight excluding hydrogens is 386 g/mol. The number of likely N-dealkylation sites (tertiary alicyclic amines) is 1. The average molecular weight is 415 g/mol. The number of methoxy groups -OCH3 is 1. The third-order valence-electron chi connectivity index (χ3n) is 7.57. The minimum absolute atomic E-state index is 0.114. The van der Waals surface area contributed by atoms with Crippen LogP contribution in [0, 0.1) is 5.92 Å². The molecule has 1 aromatic carbocycles. The molecular formula is C22H29N3O5. The van der Waals surface area contributed by atoms with Gasteiger partial charge in [0.1, 0.15) is 11.6 Å². The molecule has 1 saturated heterocycles. The number of nitrogens with zero attached hydrogens (tertiary/aromatic N) is 1. The van der Waals surface area contributed by atoms with Crippen LogP contribution in [0.4, 0.5) is 0 Å². The first-order chi connectivity index (χ1) is 14.4. The van der Waals surface area contributed by atoms with Crippen LogP contribution in [0.2, 0.25) is 0 Å². The third kappa shape index (κ3) is 2.38. The second-order valence-electron chi connectivity index (χ2n) is 9.12. The number of rotatable bonds is 7. The molecule has 4 aliphatic rings. The number of ketones is 1. The van der Waals surface area contributed by atoms with Gasteiger partial charge < -0.3 is 25.6 Å². The standard InChI is InChI=1S/C22H29N3O5/c1-24-9-7-22(28)18-16(26)13-5-6-14(29-2)17-15(13)21(22,19(30-17)20(23)27)8-10-25(18)11-12-3-4-12/h5-6,12,18-19,24,28H,3-4,7-11H2,1-2H3,(H2,23,27)/t18-,19+,21+,22-/m0/s1. The number of hydrogen-bond acceptors (Lipinski definition) is 7. The van der Waals surface area contributed by atoms with Crippen LogP contribution in [0.5, 0.6) is 11.5 Å². The molecule has 2 heterocycles. The maximum atomic E-state index is 13.8. The number of aliphatic hydroxyl groups is 1. The second kappa shape index (κ2) is 6.67. The van der Waals surface area contributed by atoms with Gasteiger partial charge in [0.2, 0.25) is 0 Å². The smallest absolute Gasteiger partial charge is 0.259 e. The minimum atomic E-state index is -1.48. The Hall–Kier alpha value is -2.16. The number of Topliss-reactive ketones (excluding diaryl/α,β-unsaturated/α-hetero) is 1. The lowest BCUT2D eigenvalue weighted by Crippen LogP contribution is -2.77. The Morgan fingerprint density at radius 1 is 1.43 bits per heavy atom. The summed E-state index contributed by atoms with van der Waals surface area (Å²) in [5, 5.41) is 15.4. The number of nitrogens with two attached hydrogens (primary N) is 1. The van der Waals surface area contributed by atoms with Gasteiger partial charge in [0.25, 0.3) is 5.91 Å². The molecule has 2 fully saturated rings. The summed E-state index contributed by atoms with van der Waals surface area (Å²) in [6.45, 7) is 1.90. The zero-order valence-corrected chi connectivity index (χ0v) is 17.4. The fourth-order valence-corrected chi connectivity index (χ4v) is 6.09. The molecule has 1 saturated carbocycles. The van der Waals surface area contributed by atoms with E-state index in [0.29, 0.717) is 54.5 Å². The average Bonchev–Trinajstić information content (AvgIpc) is 3.46. The number of ether oxygens (including phenoxy) is 2. The zero-order chi connectivity index (χ0) is 21.3. The molecule has 4 atom stereocenters. The van der Waals surface area contributed by atoms with Gasteiger partial charge in [-0.1, -0.05) is 0 Å². The molecule has 1 spiro atoms. The van der Waals surface area contributed by atoms with Crippen LogP contribution in [0.25, 0.3) is 0 Å². The van der Waals surface area contributed by atoms with Crippen molar-refractivity contribution in [2.75, 3.05) is 33.8 Å². The van der Waals surface area contributed by atoms with Gasteiger partial charge >= 0.3 is 0 Å². The Kier molecular flexibility index (Phi) is 4.40. The van der Waals surface area contributed by atoms with Crippen LogP contribution in [0.3, 0.4) is 0 Å². The highest BCUT2D eigenvalue weighted by molar-refractivity contribution is 6.07. The van der Waals surface area contributed by atoms with Crippen molar-refractivity contribution >= 4 is 11.7 Å². The molecule has 0 radical (unpaired) electrons. The molecule has 0 aromatic heterocycles. The minimum Gasteiger partial charge on any atom is -0.493 e. The van der Waals surface area contributed by atoms with E-state index in [-0.39, 0.29) is 5.78 Å². The van der Waals surface area contributed by atoms with Gasteiger partial charge in [0.05, 0.1) is 12.5 Å². The van der Waals surface area contributed by atoms with Crippen molar-refractivity contribution in [3.8, 4) is 11.5 Å². The Morgan fingerprint density at radius 2 is 2.20 bits per heavy atom. The maximum Gasteiger partial charge on any atom is 0.259 e. The molecule has 5 rings (SSSR count). The van der Waals surface area contributed by atoms with E-state index in [1.807, 2.05) is 7.05 Å². The molecule has 30 heavy (non-hydrogen) atoms. The monoisotopic (exact) mass is 415 g/mol. The molecule has 0 unspecified atom stereocenters. The van der Waals surface area contributed by atoms with E-state index in [1.54, 1.807) is 12.1 Å². The number of amides is 1. The highest BCUT2D eigenvalue weighted by Crippen LogP contribution is 2.62. The first kappa shape index (κ1) is 19.8. The third-order valence-corrected chi connectivity index (χ3v) is 7.57. The summed E-state index contributed by atoms with van der Waals surface area (Å²) in [5.74, 6) is 0.631. The first-order valence-corrected chi connectivity index (χ1v) is 10.7. The lowest BCUT2D eigenvalue weighted by molar-refractivity contribution is -0.163. The summed E-state index contributed by atoms with van der Waals surface area (Å²) < 4.78 is 11.6. The van der Waals surface area contributed by atoms with Crippen LogP contribution in [0.15, 0.2) is 12.1 Å². The van der Waals surface area contributed by atoms with Crippen LogP contribution >= 0.6 is 0 Å². The molecule has 4 N–H and O–H groups in total. The molecule has 2 aliphatic heterocycles. The number of piperidine rings is 1. The van der Waals surface area contributed by atoms with Crippen LogP contribution in [-0.2, 0) is 10.2 Å². The van der Waals surface area contributed by atoms with Gasteiger partial charge in [-0.15, -0.1) is 0 Å². The highest BCUT2D eigenvalue weighted by Gasteiger charge is 2.73. The van der Waals surface area contributed by atoms with E-state index < -0.39 is 29.1 Å². The van der Waals surface area contributed by atoms with E-state index in [4.69, 9.17) is 15.2 Å². The van der Waals surface area contributed by atoms with Crippen LogP contribution < -0.4 is 20.5 Å². The summed E-state index contributed by atoms with van der Waals surface area (Å²) in [6, 6.07) is 2.71. The van der Waals surface area contributed by atoms with Gasteiger partial charge in [0, 0.05) is 24.2 Å². The highest BCUT2D eigenvalue weighted by atomic mass is 16.5. The number of benzene rings is 1. The van der Waals surface area contributed by atoms with Crippen molar-refractivity contribution < 1.29 is 24.2 Å². The number of primary amides is 1. The second-order valence-corrected chi connectivity index (χ2v) is 9.12. The normalized spacial score (nSPS) is 34.4. The van der Waals surface area contributed by atoms with Crippen molar-refractivity contribution in [3.63, 3.8) is 0 Å². The number of hydrogen-bond donors (Lipinski definition) is 3. The lowest BCUT2D eigenvalue weighted by Gasteiger charge is -2.59.